The van der Waals surface area contributed by atoms with Crippen molar-refractivity contribution in [1.29, 1.82) is 0 Å². The van der Waals surface area contributed by atoms with Crippen molar-refractivity contribution in [2.24, 2.45) is 0 Å². The van der Waals surface area contributed by atoms with Crippen LogP contribution in [-0.2, 0) is 87.9 Å². The fourth-order valence-corrected chi connectivity index (χ4v) is 3.23. The molecule has 0 aliphatic carbocycles. The molecule has 3 heterocycles. The van der Waals surface area contributed by atoms with Gasteiger partial charge in [-0.3, -0.25) is 0 Å². The summed E-state index contributed by atoms with van der Waals surface area (Å²) in [5.74, 6) is 0. The molecule has 0 fully saturated rings. The van der Waals surface area contributed by atoms with Crippen LogP contribution >= 0.6 is 0 Å². The third-order valence-electron chi connectivity index (χ3n) is 4.95. The van der Waals surface area contributed by atoms with E-state index in [9.17, 15) is 0 Å². The summed E-state index contributed by atoms with van der Waals surface area (Å²) in [6, 6.07) is 36.1. The standard InChI is InChI=1S/2C8H8BO.C6H5.C5H4N.2C2H6.2Y/c2*1-9-8-5-3-2-4-7(8)6-10-9;2*1-2-4-6-5-3-1;2*1-2;;/h2*3-5H,6H2,1H3;1-5H;1-4H;2*1-2H3;;/q4*-1;;;;. The van der Waals surface area contributed by atoms with E-state index < -0.39 is 0 Å². The monoisotopic (exact) mass is 655 g/mol. The Morgan fingerprint density at radius 3 is 1.37 bits per heavy atom. The van der Waals surface area contributed by atoms with E-state index in [1.807, 2.05) is 94.4 Å². The van der Waals surface area contributed by atoms with Crippen LogP contribution in [0.2, 0.25) is 13.6 Å². The van der Waals surface area contributed by atoms with Gasteiger partial charge in [0, 0.05) is 78.6 Å². The molecule has 1 aromatic heterocycles. The van der Waals surface area contributed by atoms with E-state index in [0.29, 0.717) is 0 Å². The Kier molecular flexibility index (Phi) is 27.1. The molecule has 6 rings (SSSR count). The van der Waals surface area contributed by atoms with E-state index >= 15 is 0 Å². The van der Waals surface area contributed by atoms with Crippen LogP contribution in [0, 0.1) is 24.4 Å². The molecular formula is C31H37B2NO2Y2-4. The summed E-state index contributed by atoms with van der Waals surface area (Å²) >= 11 is 0. The van der Waals surface area contributed by atoms with Gasteiger partial charge in [-0.05, 0) is 0 Å². The number of aromatic nitrogens is 1. The number of rotatable bonds is 0. The summed E-state index contributed by atoms with van der Waals surface area (Å²) in [6.45, 7) is 14.2. The zero-order valence-corrected chi connectivity index (χ0v) is 29.3. The number of fused-ring (bicyclic) bond motifs is 2. The van der Waals surface area contributed by atoms with Crippen molar-refractivity contribution >= 4 is 24.8 Å². The first-order chi connectivity index (χ1) is 17.8. The van der Waals surface area contributed by atoms with Crippen molar-refractivity contribution in [1.82, 2.24) is 4.98 Å². The second-order valence-electron chi connectivity index (χ2n) is 7.19. The van der Waals surface area contributed by atoms with Gasteiger partial charge in [0.25, 0.3) is 13.8 Å². The Labute approximate surface area is 282 Å². The molecule has 4 aromatic rings. The number of pyridine rings is 1. The third-order valence-corrected chi connectivity index (χ3v) is 4.95. The van der Waals surface area contributed by atoms with Gasteiger partial charge in [-0.15, -0.1) is 11.1 Å². The maximum Gasteiger partial charge on any atom is 0.298 e. The summed E-state index contributed by atoms with van der Waals surface area (Å²) in [5.41, 5.74) is 5.21. The molecule has 0 saturated heterocycles. The van der Waals surface area contributed by atoms with E-state index in [2.05, 4.69) is 55.2 Å². The topological polar surface area (TPSA) is 31.4 Å². The molecule has 7 heteroatoms. The summed E-state index contributed by atoms with van der Waals surface area (Å²) < 4.78 is 10.8. The summed E-state index contributed by atoms with van der Waals surface area (Å²) in [6.07, 6.45) is 4.34. The molecule has 2 radical (unpaired) electrons. The van der Waals surface area contributed by atoms with Crippen molar-refractivity contribution in [3.8, 4) is 0 Å². The van der Waals surface area contributed by atoms with Gasteiger partial charge in [-0.25, -0.2) is 0 Å². The van der Waals surface area contributed by atoms with Gasteiger partial charge < -0.3 is 14.3 Å². The van der Waals surface area contributed by atoms with E-state index in [4.69, 9.17) is 9.31 Å². The smallest absolute Gasteiger partial charge is 0.298 e. The van der Waals surface area contributed by atoms with Crippen molar-refractivity contribution < 1.29 is 74.7 Å². The average Bonchev–Trinajstić information content (AvgIpc) is 3.56. The number of hydrogen-bond donors (Lipinski definition) is 0. The minimum Gasteiger partial charge on any atom is -0.440 e. The predicted octanol–water partition coefficient (Wildman–Crippen LogP) is 6.11. The van der Waals surface area contributed by atoms with Gasteiger partial charge in [0.1, 0.15) is 0 Å². The quantitative estimate of drug-likeness (QED) is 0.170. The second kappa shape index (κ2) is 26.3. The molecule has 3 nitrogen and oxygen atoms in total. The Morgan fingerprint density at radius 1 is 0.632 bits per heavy atom. The van der Waals surface area contributed by atoms with E-state index in [1.165, 1.54) is 22.1 Å². The summed E-state index contributed by atoms with van der Waals surface area (Å²) in [4.78, 5) is 3.66. The number of hydrogen-bond acceptors (Lipinski definition) is 3. The largest absolute Gasteiger partial charge is 0.440 e. The van der Waals surface area contributed by atoms with Crippen LogP contribution in [0.5, 0.6) is 0 Å². The second-order valence-corrected chi connectivity index (χ2v) is 7.19. The zero-order chi connectivity index (χ0) is 26.4. The molecule has 0 amide bonds. The van der Waals surface area contributed by atoms with Gasteiger partial charge in [0.15, 0.2) is 0 Å². The molecule has 3 aromatic carbocycles. The van der Waals surface area contributed by atoms with Crippen LogP contribution < -0.4 is 10.9 Å². The minimum absolute atomic E-state index is 0. The van der Waals surface area contributed by atoms with Crippen molar-refractivity contribution in [2.75, 3.05) is 0 Å². The Hall–Kier alpha value is -0.932. The van der Waals surface area contributed by atoms with Gasteiger partial charge in [-0.2, -0.15) is 114 Å². The predicted molar refractivity (Wildman–Crippen MR) is 154 cm³/mol. The van der Waals surface area contributed by atoms with Crippen molar-refractivity contribution in [2.45, 2.75) is 54.6 Å². The fourth-order valence-electron chi connectivity index (χ4n) is 3.23. The maximum atomic E-state index is 5.40. The Bertz CT molecular complexity index is 906. The average molecular weight is 655 g/mol. The molecule has 0 saturated carbocycles. The first-order valence-corrected chi connectivity index (χ1v) is 12.6. The molecule has 2 aliphatic rings. The molecule has 194 valence electrons. The summed E-state index contributed by atoms with van der Waals surface area (Å²) in [7, 11) is 0. The number of nitrogens with zero attached hydrogens (tertiary/aromatic N) is 1. The van der Waals surface area contributed by atoms with Gasteiger partial charge >= 0.3 is 0 Å². The molecule has 0 spiro atoms. The molecule has 38 heavy (non-hydrogen) atoms. The molecule has 2 aliphatic heterocycles. The van der Waals surface area contributed by atoms with Gasteiger partial charge in [-0.1, -0.05) is 53.7 Å². The van der Waals surface area contributed by atoms with Crippen LogP contribution in [0.4, 0.5) is 0 Å². The Balaban J connectivity index is 0. The van der Waals surface area contributed by atoms with Crippen LogP contribution in [0.1, 0.15) is 38.8 Å². The zero-order valence-electron chi connectivity index (χ0n) is 23.6. The van der Waals surface area contributed by atoms with E-state index in [1.54, 1.807) is 12.3 Å². The first-order valence-electron chi connectivity index (χ1n) is 12.6. The molecule has 0 atom stereocenters. The molecule has 0 unspecified atom stereocenters. The third kappa shape index (κ3) is 15.6. The number of benzene rings is 3. The Morgan fingerprint density at radius 2 is 1.11 bits per heavy atom. The van der Waals surface area contributed by atoms with Crippen molar-refractivity contribution in [3.63, 3.8) is 0 Å². The van der Waals surface area contributed by atoms with Crippen LogP contribution in [0.3, 0.4) is 0 Å². The normalized spacial score (nSPS) is 11.0. The molecule has 0 N–H and O–H groups in total. The maximum absolute atomic E-state index is 5.40. The SMILES string of the molecule is CB1OCc2c[c-]ccc21.CB1OCc2c[c-]ccc21.CC.CC.[Y].[Y].[c-]1ccccc1.[c-]1ccccn1. The van der Waals surface area contributed by atoms with Crippen LogP contribution in [0.25, 0.3) is 0 Å². The first kappa shape index (κ1) is 39.2. The van der Waals surface area contributed by atoms with Crippen LogP contribution in [-0.4, -0.2) is 18.8 Å². The van der Waals surface area contributed by atoms with Crippen molar-refractivity contribution in [3.05, 3.63) is 127 Å². The van der Waals surface area contributed by atoms with Crippen LogP contribution in [0.15, 0.2) is 91.1 Å². The molecule has 0 bridgehead atoms. The molecular weight excluding hydrogens is 618 g/mol. The van der Waals surface area contributed by atoms with E-state index in [-0.39, 0.29) is 79.2 Å². The van der Waals surface area contributed by atoms with Gasteiger partial charge in [0.2, 0.25) is 0 Å². The minimum atomic E-state index is 0. The summed E-state index contributed by atoms with van der Waals surface area (Å²) in [5, 5.41) is 0. The van der Waals surface area contributed by atoms with E-state index in [0.717, 1.165) is 13.2 Å². The fraction of sp³-hybridized carbons (Fsp3) is 0.258. The van der Waals surface area contributed by atoms with Gasteiger partial charge in [0.05, 0.1) is 0 Å².